The first kappa shape index (κ1) is 20.1. The molecule has 166 valence electrons. The van der Waals surface area contributed by atoms with Crippen molar-refractivity contribution in [2.45, 2.75) is 26.2 Å². The molecule has 0 bridgehead atoms. The van der Waals surface area contributed by atoms with Crippen LogP contribution in [0.4, 0.5) is 5.82 Å². The highest BCUT2D eigenvalue weighted by Crippen LogP contribution is 2.36. The standard InChI is InChI=1S/C24H27N5O2S/c1-15-6-7-18-19(14-15)32-23-20(18)24(30)29-22(26-23)17-5-3-2-4-16(17)21(27-29)25-8-9-28-10-12-31-13-11-28/h2-5,15H,6-14H2,1H3,(H,25,27)/t15-/m1/s1. The number of nitrogens with one attached hydrogen (secondary N) is 1. The lowest BCUT2D eigenvalue weighted by Crippen LogP contribution is -2.39. The average Bonchev–Trinajstić information content (AvgIpc) is 3.18. The van der Waals surface area contributed by atoms with Crippen LogP contribution in [-0.2, 0) is 17.6 Å². The molecule has 6 rings (SSSR count). The Balaban J connectivity index is 1.45. The summed E-state index contributed by atoms with van der Waals surface area (Å²) in [4.78, 5) is 23.2. The Labute approximate surface area is 190 Å². The molecule has 0 unspecified atom stereocenters. The third-order valence-electron chi connectivity index (χ3n) is 6.75. The second-order valence-corrected chi connectivity index (χ2v) is 10.0. The van der Waals surface area contributed by atoms with Gasteiger partial charge in [0.05, 0.1) is 18.6 Å². The van der Waals surface area contributed by atoms with Crippen molar-refractivity contribution in [1.29, 1.82) is 0 Å². The van der Waals surface area contributed by atoms with Crippen LogP contribution in [0.25, 0.3) is 26.6 Å². The Morgan fingerprint density at radius 2 is 2.03 bits per heavy atom. The third kappa shape index (κ3) is 3.37. The van der Waals surface area contributed by atoms with Crippen LogP contribution in [-0.4, -0.2) is 58.9 Å². The van der Waals surface area contributed by atoms with Gasteiger partial charge in [0.15, 0.2) is 11.5 Å². The summed E-state index contributed by atoms with van der Waals surface area (Å²) in [5, 5.41) is 11.0. The molecule has 4 heterocycles. The summed E-state index contributed by atoms with van der Waals surface area (Å²) in [5.41, 5.74) is 1.80. The highest BCUT2D eigenvalue weighted by molar-refractivity contribution is 7.18. The van der Waals surface area contributed by atoms with Gasteiger partial charge in [0.1, 0.15) is 4.83 Å². The number of hydrogen-bond acceptors (Lipinski definition) is 7. The summed E-state index contributed by atoms with van der Waals surface area (Å²) in [6, 6.07) is 8.09. The lowest BCUT2D eigenvalue weighted by atomic mass is 9.89. The number of benzene rings is 1. The summed E-state index contributed by atoms with van der Waals surface area (Å²) < 4.78 is 6.96. The molecule has 3 aromatic heterocycles. The van der Waals surface area contributed by atoms with Crippen molar-refractivity contribution in [3.05, 3.63) is 45.1 Å². The fraction of sp³-hybridized carbons (Fsp3) is 0.458. The number of aryl methyl sites for hydroxylation is 1. The van der Waals surface area contributed by atoms with E-state index in [9.17, 15) is 4.79 Å². The number of aromatic nitrogens is 3. The Bertz CT molecular complexity index is 1370. The van der Waals surface area contributed by atoms with Gasteiger partial charge in [-0.1, -0.05) is 31.2 Å². The van der Waals surface area contributed by atoms with Crippen LogP contribution in [0.15, 0.2) is 29.1 Å². The fourth-order valence-corrected chi connectivity index (χ4v) is 6.35. The first-order valence-corrected chi connectivity index (χ1v) is 12.3. The number of fused-ring (bicyclic) bond motifs is 6. The average molecular weight is 450 g/mol. The molecular weight excluding hydrogens is 422 g/mol. The summed E-state index contributed by atoms with van der Waals surface area (Å²) >= 11 is 1.69. The van der Waals surface area contributed by atoms with Crippen LogP contribution in [0.2, 0.25) is 0 Å². The lowest BCUT2D eigenvalue weighted by Gasteiger charge is -2.26. The van der Waals surface area contributed by atoms with E-state index in [1.54, 1.807) is 11.3 Å². The quantitative estimate of drug-likeness (QED) is 0.482. The van der Waals surface area contributed by atoms with Crippen molar-refractivity contribution in [2.75, 3.05) is 44.7 Å². The van der Waals surface area contributed by atoms with Crippen LogP contribution in [0.3, 0.4) is 0 Å². The van der Waals surface area contributed by atoms with Crippen molar-refractivity contribution >= 4 is 43.8 Å². The van der Waals surface area contributed by atoms with E-state index in [2.05, 4.69) is 23.2 Å². The fourth-order valence-electron chi connectivity index (χ4n) is 4.97. The Morgan fingerprint density at radius 1 is 1.22 bits per heavy atom. The van der Waals surface area contributed by atoms with E-state index in [1.165, 1.54) is 15.0 Å². The van der Waals surface area contributed by atoms with Gasteiger partial charge >= 0.3 is 0 Å². The van der Waals surface area contributed by atoms with E-state index in [4.69, 9.17) is 14.8 Å². The van der Waals surface area contributed by atoms with Gasteiger partial charge in [0.2, 0.25) is 0 Å². The van der Waals surface area contributed by atoms with Crippen LogP contribution >= 0.6 is 11.3 Å². The van der Waals surface area contributed by atoms with E-state index >= 15 is 0 Å². The molecule has 0 spiro atoms. The molecule has 7 nitrogen and oxygen atoms in total. The van der Waals surface area contributed by atoms with Crippen molar-refractivity contribution in [3.63, 3.8) is 0 Å². The predicted molar refractivity (Wildman–Crippen MR) is 129 cm³/mol. The number of hydrogen-bond donors (Lipinski definition) is 1. The van der Waals surface area contributed by atoms with Gasteiger partial charge < -0.3 is 10.1 Å². The molecule has 1 aliphatic heterocycles. The van der Waals surface area contributed by atoms with Gasteiger partial charge in [0, 0.05) is 41.8 Å². The number of nitrogens with zero attached hydrogens (tertiary/aromatic N) is 4. The number of thiophene rings is 1. The first-order valence-electron chi connectivity index (χ1n) is 11.5. The van der Waals surface area contributed by atoms with Gasteiger partial charge in [-0.15, -0.1) is 16.4 Å². The summed E-state index contributed by atoms with van der Waals surface area (Å²) in [5.74, 6) is 1.40. The largest absolute Gasteiger partial charge is 0.379 e. The Morgan fingerprint density at radius 3 is 2.88 bits per heavy atom. The number of ether oxygens (including phenoxy) is 1. The Kier molecular flexibility index (Phi) is 5.08. The SMILES string of the molecule is C[C@@H]1CCc2c(sc3nc4c5ccccc5c(NCCN5CCOCC5)nn4c(=O)c23)C1. The van der Waals surface area contributed by atoms with Crippen LogP contribution in [0.1, 0.15) is 23.8 Å². The molecule has 32 heavy (non-hydrogen) atoms. The number of anilines is 1. The molecule has 1 fully saturated rings. The minimum absolute atomic E-state index is 0.0426. The van der Waals surface area contributed by atoms with E-state index in [-0.39, 0.29) is 5.56 Å². The van der Waals surface area contributed by atoms with Crippen LogP contribution in [0.5, 0.6) is 0 Å². The molecule has 2 aliphatic rings. The zero-order valence-corrected chi connectivity index (χ0v) is 19.1. The first-order chi connectivity index (χ1) is 15.7. The molecule has 1 N–H and O–H groups in total. The van der Waals surface area contributed by atoms with E-state index in [0.717, 1.165) is 85.5 Å². The molecule has 4 aromatic rings. The van der Waals surface area contributed by atoms with Crippen molar-refractivity contribution in [2.24, 2.45) is 5.92 Å². The minimum Gasteiger partial charge on any atom is -0.379 e. The summed E-state index contributed by atoms with van der Waals surface area (Å²) in [7, 11) is 0. The number of morpholine rings is 1. The molecule has 1 aliphatic carbocycles. The van der Waals surface area contributed by atoms with Gasteiger partial charge in [-0.25, -0.2) is 4.98 Å². The second kappa shape index (κ2) is 8.10. The minimum atomic E-state index is -0.0426. The normalized spacial score (nSPS) is 19.6. The van der Waals surface area contributed by atoms with Crippen LogP contribution in [0, 0.1) is 5.92 Å². The van der Waals surface area contributed by atoms with Gasteiger partial charge in [0.25, 0.3) is 5.56 Å². The highest BCUT2D eigenvalue weighted by Gasteiger charge is 2.24. The molecule has 1 aromatic carbocycles. The molecule has 8 heteroatoms. The summed E-state index contributed by atoms with van der Waals surface area (Å²) in [6.45, 7) is 7.45. The topological polar surface area (TPSA) is 71.8 Å². The Hall–Kier alpha value is -2.55. The zero-order chi connectivity index (χ0) is 21.7. The lowest BCUT2D eigenvalue weighted by molar-refractivity contribution is 0.0398. The van der Waals surface area contributed by atoms with E-state index in [1.807, 2.05) is 18.2 Å². The van der Waals surface area contributed by atoms with Crippen molar-refractivity contribution in [1.82, 2.24) is 19.5 Å². The molecule has 1 atom stereocenters. The maximum Gasteiger partial charge on any atom is 0.283 e. The van der Waals surface area contributed by atoms with Gasteiger partial charge in [-0.05, 0) is 30.7 Å². The molecule has 0 radical (unpaired) electrons. The maximum absolute atomic E-state index is 13.6. The molecule has 0 amide bonds. The van der Waals surface area contributed by atoms with E-state index < -0.39 is 0 Å². The second-order valence-electron chi connectivity index (χ2n) is 8.96. The summed E-state index contributed by atoms with van der Waals surface area (Å²) in [6.07, 6.45) is 3.12. The highest BCUT2D eigenvalue weighted by atomic mass is 32.1. The van der Waals surface area contributed by atoms with Gasteiger partial charge in [-0.2, -0.15) is 4.52 Å². The monoisotopic (exact) mass is 449 g/mol. The predicted octanol–water partition coefficient (Wildman–Crippen LogP) is 3.33. The molecular formula is C24H27N5O2S. The maximum atomic E-state index is 13.6. The molecule has 0 saturated carbocycles. The number of rotatable bonds is 4. The van der Waals surface area contributed by atoms with Crippen molar-refractivity contribution < 1.29 is 4.74 Å². The zero-order valence-electron chi connectivity index (χ0n) is 18.3. The van der Waals surface area contributed by atoms with Crippen LogP contribution < -0.4 is 10.9 Å². The van der Waals surface area contributed by atoms with E-state index in [0.29, 0.717) is 11.6 Å². The third-order valence-corrected chi connectivity index (χ3v) is 7.90. The smallest absolute Gasteiger partial charge is 0.283 e. The van der Waals surface area contributed by atoms with Gasteiger partial charge in [-0.3, -0.25) is 9.69 Å². The molecule has 1 saturated heterocycles. The van der Waals surface area contributed by atoms with Crippen molar-refractivity contribution in [3.8, 4) is 0 Å².